The molecule has 1 saturated heterocycles. The van der Waals surface area contributed by atoms with Crippen LogP contribution in [0.25, 0.3) is 0 Å². The van der Waals surface area contributed by atoms with Crippen LogP contribution in [0.2, 0.25) is 5.02 Å². The Kier molecular flexibility index (Phi) is 9.76. The first kappa shape index (κ1) is 32.2. The zero-order valence-electron chi connectivity index (χ0n) is 27.3. The van der Waals surface area contributed by atoms with E-state index in [1.807, 2.05) is 55.1 Å². The molecule has 2 fully saturated rings. The van der Waals surface area contributed by atoms with Crippen molar-refractivity contribution in [3.05, 3.63) is 82.4 Å². The van der Waals surface area contributed by atoms with E-state index in [1.165, 1.54) is 0 Å². The van der Waals surface area contributed by atoms with E-state index in [2.05, 4.69) is 46.4 Å². The number of halogens is 1. The van der Waals surface area contributed by atoms with Gasteiger partial charge in [0.2, 0.25) is 11.8 Å². The van der Waals surface area contributed by atoms with Gasteiger partial charge in [0.05, 0.1) is 32.2 Å². The molecule has 1 saturated carbocycles. The van der Waals surface area contributed by atoms with E-state index in [0.29, 0.717) is 35.0 Å². The van der Waals surface area contributed by atoms with Crippen molar-refractivity contribution >= 4 is 34.8 Å². The highest BCUT2D eigenvalue weighted by Gasteiger charge is 2.36. The van der Waals surface area contributed by atoms with Gasteiger partial charge in [-0.3, -0.25) is 9.59 Å². The summed E-state index contributed by atoms with van der Waals surface area (Å²) in [5.74, 6) is 2.14. The van der Waals surface area contributed by atoms with Gasteiger partial charge < -0.3 is 29.5 Å². The first-order valence-electron chi connectivity index (χ1n) is 16.5. The molecule has 2 amide bonds. The number of nitrogens with zero attached hydrogens (tertiary/aromatic N) is 3. The van der Waals surface area contributed by atoms with Gasteiger partial charge in [0.25, 0.3) is 0 Å². The number of rotatable bonds is 9. The number of methoxy groups -OCH3 is 1. The van der Waals surface area contributed by atoms with Crippen LogP contribution >= 0.6 is 11.6 Å². The minimum atomic E-state index is -0.352. The van der Waals surface area contributed by atoms with Gasteiger partial charge in [-0.1, -0.05) is 23.7 Å². The summed E-state index contributed by atoms with van der Waals surface area (Å²) < 4.78 is 11.8. The largest absolute Gasteiger partial charge is 0.493 e. The number of carbonyl (C=O) groups is 2. The van der Waals surface area contributed by atoms with Crippen LogP contribution in [0.3, 0.4) is 0 Å². The van der Waals surface area contributed by atoms with Gasteiger partial charge in [0.1, 0.15) is 0 Å². The van der Waals surface area contributed by atoms with E-state index >= 15 is 0 Å². The lowest BCUT2D eigenvalue weighted by Gasteiger charge is -2.40. The van der Waals surface area contributed by atoms with Crippen LogP contribution < -0.4 is 24.6 Å². The SMILES string of the molecule is COc1cc2c(cc1OC(C)C)[C@H](c1ccc(Cl)cc1)N(c1ccc(N(C)CC3CCC(N4CCNCC4=O)CC3)cc1)C(=O)C2. The van der Waals surface area contributed by atoms with Gasteiger partial charge in [-0.25, -0.2) is 0 Å². The van der Waals surface area contributed by atoms with Crippen molar-refractivity contribution in [2.24, 2.45) is 5.92 Å². The summed E-state index contributed by atoms with van der Waals surface area (Å²) in [6.07, 6.45) is 4.64. The summed E-state index contributed by atoms with van der Waals surface area (Å²) >= 11 is 6.28. The topological polar surface area (TPSA) is 74.4 Å². The highest BCUT2D eigenvalue weighted by Crippen LogP contribution is 2.44. The molecule has 46 heavy (non-hydrogen) atoms. The molecule has 8 nitrogen and oxygen atoms in total. The first-order chi connectivity index (χ1) is 22.2. The van der Waals surface area contributed by atoms with E-state index in [4.69, 9.17) is 21.1 Å². The third kappa shape index (κ3) is 6.83. The van der Waals surface area contributed by atoms with Crippen LogP contribution in [0, 0.1) is 5.92 Å². The summed E-state index contributed by atoms with van der Waals surface area (Å²) in [6.45, 7) is 7.13. The summed E-state index contributed by atoms with van der Waals surface area (Å²) in [5.41, 5.74) is 4.88. The first-order valence-corrected chi connectivity index (χ1v) is 16.9. The molecule has 9 heteroatoms. The average Bonchev–Trinajstić information content (AvgIpc) is 3.05. The number of nitrogens with one attached hydrogen (secondary N) is 1. The van der Waals surface area contributed by atoms with Crippen molar-refractivity contribution < 1.29 is 19.1 Å². The predicted molar refractivity (Wildman–Crippen MR) is 183 cm³/mol. The summed E-state index contributed by atoms with van der Waals surface area (Å²) in [5, 5.41) is 3.83. The van der Waals surface area contributed by atoms with Crippen molar-refractivity contribution in [1.29, 1.82) is 0 Å². The lowest BCUT2D eigenvalue weighted by molar-refractivity contribution is -0.135. The number of hydrogen-bond donors (Lipinski definition) is 1. The molecule has 1 aliphatic carbocycles. The number of fused-ring (bicyclic) bond motifs is 1. The van der Waals surface area contributed by atoms with Gasteiger partial charge >= 0.3 is 0 Å². The van der Waals surface area contributed by atoms with E-state index in [0.717, 1.165) is 73.4 Å². The standard InChI is InChI=1S/C37H45ClN4O4/c1-24(2)46-34-21-32-27(19-33(34)45-4)20-35(43)42(37(32)26-7-9-28(38)10-8-26)31-15-13-29(14-16-31)40(3)23-25-5-11-30(12-6-25)41-18-17-39-22-36(41)44/h7-10,13-16,19,21,24-25,30,37,39H,5-6,11-12,17-18,20,22-23H2,1-4H3/t25?,30?,37-/m0/s1. The predicted octanol–water partition coefficient (Wildman–Crippen LogP) is 6.24. The van der Waals surface area contributed by atoms with Crippen molar-refractivity contribution in [1.82, 2.24) is 10.2 Å². The summed E-state index contributed by atoms with van der Waals surface area (Å²) in [6, 6.07) is 20.1. The van der Waals surface area contributed by atoms with Crippen molar-refractivity contribution in [3.8, 4) is 11.5 Å². The van der Waals surface area contributed by atoms with Crippen LogP contribution in [-0.4, -0.2) is 69.2 Å². The van der Waals surface area contributed by atoms with Gasteiger partial charge in [-0.15, -0.1) is 0 Å². The normalized spacial score (nSPS) is 21.7. The fraction of sp³-hybridized carbons (Fsp3) is 0.459. The molecule has 2 heterocycles. The maximum absolute atomic E-state index is 13.9. The molecule has 1 atom stereocenters. The van der Waals surface area contributed by atoms with E-state index < -0.39 is 0 Å². The molecule has 244 valence electrons. The molecule has 3 aromatic carbocycles. The van der Waals surface area contributed by atoms with Crippen LogP contribution in [0.15, 0.2) is 60.7 Å². The Bertz CT molecular complexity index is 1540. The molecule has 0 spiro atoms. The molecular formula is C37H45ClN4O4. The number of hydrogen-bond acceptors (Lipinski definition) is 6. The molecule has 1 N–H and O–H groups in total. The van der Waals surface area contributed by atoms with Gasteiger partial charge in [0, 0.05) is 49.1 Å². The number of benzene rings is 3. The molecular weight excluding hydrogens is 600 g/mol. The van der Waals surface area contributed by atoms with Gasteiger partial charge in [-0.05, 0) is 111 Å². The van der Waals surface area contributed by atoms with Crippen LogP contribution in [0.1, 0.15) is 62.3 Å². The number of amides is 2. The molecule has 0 unspecified atom stereocenters. The smallest absolute Gasteiger partial charge is 0.236 e. The second kappa shape index (κ2) is 13.9. The zero-order valence-corrected chi connectivity index (χ0v) is 28.1. The lowest BCUT2D eigenvalue weighted by atomic mass is 9.84. The third-order valence-electron chi connectivity index (χ3n) is 9.62. The van der Waals surface area contributed by atoms with Crippen molar-refractivity contribution in [2.45, 2.75) is 64.1 Å². The zero-order chi connectivity index (χ0) is 32.4. The highest BCUT2D eigenvalue weighted by atomic mass is 35.5. The summed E-state index contributed by atoms with van der Waals surface area (Å²) in [7, 11) is 3.77. The third-order valence-corrected chi connectivity index (χ3v) is 9.87. The van der Waals surface area contributed by atoms with E-state index in [-0.39, 0.29) is 30.4 Å². The Morgan fingerprint density at radius 2 is 1.67 bits per heavy atom. The molecule has 0 aromatic heterocycles. The number of anilines is 2. The average molecular weight is 645 g/mol. The minimum absolute atomic E-state index is 0.0212. The van der Waals surface area contributed by atoms with Crippen molar-refractivity contribution in [2.75, 3.05) is 50.1 Å². The summed E-state index contributed by atoms with van der Waals surface area (Å²) in [4.78, 5) is 32.6. The fourth-order valence-electron chi connectivity index (χ4n) is 7.34. The molecule has 0 radical (unpaired) electrons. The van der Waals surface area contributed by atoms with Crippen LogP contribution in [0.4, 0.5) is 11.4 Å². The Hall–Kier alpha value is -3.75. The second-order valence-electron chi connectivity index (χ2n) is 13.1. The molecule has 3 aromatic rings. The van der Waals surface area contributed by atoms with E-state index in [9.17, 15) is 9.59 Å². The Balaban J connectivity index is 1.21. The monoisotopic (exact) mass is 644 g/mol. The quantitative estimate of drug-likeness (QED) is 0.297. The van der Waals surface area contributed by atoms with Crippen LogP contribution in [-0.2, 0) is 16.0 Å². The Labute approximate surface area is 277 Å². The number of piperazine rings is 1. The molecule has 3 aliphatic rings. The van der Waals surface area contributed by atoms with Gasteiger partial charge in [-0.2, -0.15) is 0 Å². The van der Waals surface area contributed by atoms with E-state index in [1.54, 1.807) is 7.11 Å². The lowest BCUT2D eigenvalue weighted by Crippen LogP contribution is -2.53. The minimum Gasteiger partial charge on any atom is -0.493 e. The maximum Gasteiger partial charge on any atom is 0.236 e. The second-order valence-corrected chi connectivity index (χ2v) is 13.5. The van der Waals surface area contributed by atoms with Crippen molar-refractivity contribution in [3.63, 3.8) is 0 Å². The number of ether oxygens (including phenoxy) is 2. The molecule has 6 rings (SSSR count). The fourth-order valence-corrected chi connectivity index (χ4v) is 7.46. The highest BCUT2D eigenvalue weighted by molar-refractivity contribution is 6.30. The number of carbonyl (C=O) groups excluding carboxylic acids is 2. The molecule has 0 bridgehead atoms. The Morgan fingerprint density at radius 3 is 2.33 bits per heavy atom. The Morgan fingerprint density at radius 1 is 0.957 bits per heavy atom. The molecule has 2 aliphatic heterocycles. The van der Waals surface area contributed by atoms with Crippen LogP contribution in [0.5, 0.6) is 11.5 Å². The van der Waals surface area contributed by atoms with Gasteiger partial charge in [0.15, 0.2) is 11.5 Å². The maximum atomic E-state index is 13.9.